The molecule has 1 aromatic carbocycles. The van der Waals surface area contributed by atoms with E-state index in [0.29, 0.717) is 6.54 Å². The second-order valence-corrected chi connectivity index (χ2v) is 6.45. The highest BCUT2D eigenvalue weighted by atomic mass is 32.2. The zero-order chi connectivity index (χ0) is 15.3. The molecule has 1 aromatic rings. The van der Waals surface area contributed by atoms with Crippen LogP contribution >= 0.6 is 0 Å². The van der Waals surface area contributed by atoms with Crippen molar-refractivity contribution >= 4 is 21.6 Å². The summed E-state index contributed by atoms with van der Waals surface area (Å²) < 4.78 is 39.2. The van der Waals surface area contributed by atoms with Crippen LogP contribution in [0.2, 0.25) is 0 Å². The average Bonchev–Trinajstić information content (AvgIpc) is 2.33. The van der Waals surface area contributed by atoms with Crippen LogP contribution in [-0.2, 0) is 14.8 Å². The minimum absolute atomic E-state index is 0.121. The summed E-state index contributed by atoms with van der Waals surface area (Å²) >= 11 is 0. The van der Waals surface area contributed by atoms with Crippen LogP contribution < -0.4 is 15.8 Å². The predicted octanol–water partition coefficient (Wildman–Crippen LogP) is 0.458. The molecule has 0 saturated heterocycles. The molecule has 0 fully saturated rings. The number of nitrogens with two attached hydrogens (primary N) is 1. The molecule has 20 heavy (non-hydrogen) atoms. The fourth-order valence-electron chi connectivity index (χ4n) is 1.35. The lowest BCUT2D eigenvalue weighted by Crippen LogP contribution is -2.38. The Morgan fingerprint density at radius 1 is 1.40 bits per heavy atom. The fourth-order valence-corrected chi connectivity index (χ4v) is 2.39. The van der Waals surface area contributed by atoms with Gasteiger partial charge in [-0.2, -0.15) is 0 Å². The van der Waals surface area contributed by atoms with Crippen LogP contribution in [0.15, 0.2) is 23.1 Å². The van der Waals surface area contributed by atoms with Gasteiger partial charge in [0.1, 0.15) is 10.7 Å². The Bertz CT molecular complexity index is 588. The molecule has 0 aliphatic carbocycles. The van der Waals surface area contributed by atoms with E-state index in [9.17, 15) is 17.6 Å². The van der Waals surface area contributed by atoms with Crippen LogP contribution in [0, 0.1) is 11.7 Å². The molecule has 0 bridgehead atoms. The van der Waals surface area contributed by atoms with Crippen molar-refractivity contribution in [3.8, 4) is 0 Å². The summed E-state index contributed by atoms with van der Waals surface area (Å²) in [6.07, 6.45) is 0. The van der Waals surface area contributed by atoms with E-state index in [1.54, 1.807) is 0 Å². The summed E-state index contributed by atoms with van der Waals surface area (Å²) in [6, 6.07) is 3.24. The molecule has 8 heteroatoms. The van der Waals surface area contributed by atoms with Crippen molar-refractivity contribution < 1.29 is 17.6 Å². The minimum Gasteiger partial charge on any atom is -0.399 e. The van der Waals surface area contributed by atoms with E-state index in [1.807, 2.05) is 18.6 Å². The third-order valence-corrected chi connectivity index (χ3v) is 3.81. The van der Waals surface area contributed by atoms with Gasteiger partial charge in [-0.3, -0.25) is 4.79 Å². The van der Waals surface area contributed by atoms with E-state index >= 15 is 0 Å². The van der Waals surface area contributed by atoms with Gasteiger partial charge in [0.05, 0.1) is 6.54 Å². The van der Waals surface area contributed by atoms with Crippen molar-refractivity contribution in [2.75, 3.05) is 18.8 Å². The van der Waals surface area contributed by atoms with Gasteiger partial charge in [0.15, 0.2) is 0 Å². The maximum Gasteiger partial charge on any atom is 0.243 e. The van der Waals surface area contributed by atoms with Crippen LogP contribution in [0.1, 0.15) is 13.8 Å². The van der Waals surface area contributed by atoms with Crippen molar-refractivity contribution in [2.45, 2.75) is 18.7 Å². The highest BCUT2D eigenvalue weighted by Crippen LogP contribution is 2.16. The molecule has 0 aromatic heterocycles. The van der Waals surface area contributed by atoms with E-state index in [2.05, 4.69) is 5.32 Å². The molecule has 6 nitrogen and oxygen atoms in total. The van der Waals surface area contributed by atoms with E-state index in [4.69, 9.17) is 5.73 Å². The Morgan fingerprint density at radius 2 is 2.05 bits per heavy atom. The van der Waals surface area contributed by atoms with Gasteiger partial charge >= 0.3 is 0 Å². The summed E-state index contributed by atoms with van der Waals surface area (Å²) in [7, 11) is -4.08. The maximum atomic E-state index is 13.5. The van der Waals surface area contributed by atoms with Crippen LogP contribution in [0.25, 0.3) is 0 Å². The molecule has 1 rings (SSSR count). The van der Waals surface area contributed by atoms with Crippen LogP contribution in [-0.4, -0.2) is 27.4 Å². The standard InChI is InChI=1S/C12H18FN3O3S/c1-8(2)6-15-12(17)7-16-20(18,19)11-4-3-9(14)5-10(11)13/h3-5,8,16H,6-7,14H2,1-2H3,(H,15,17). The summed E-state index contributed by atoms with van der Waals surface area (Å²) in [6.45, 7) is 3.82. The maximum absolute atomic E-state index is 13.5. The number of anilines is 1. The molecule has 0 unspecified atom stereocenters. The van der Waals surface area contributed by atoms with Gasteiger partial charge in [-0.15, -0.1) is 0 Å². The number of halogens is 1. The Hall–Kier alpha value is -1.67. The largest absolute Gasteiger partial charge is 0.399 e. The molecule has 0 aliphatic rings. The molecule has 112 valence electrons. The van der Waals surface area contributed by atoms with Crippen LogP contribution in [0.4, 0.5) is 10.1 Å². The number of benzene rings is 1. The third-order valence-electron chi connectivity index (χ3n) is 2.38. The molecule has 0 heterocycles. The van der Waals surface area contributed by atoms with Gasteiger partial charge in [-0.05, 0) is 24.1 Å². The lowest BCUT2D eigenvalue weighted by Gasteiger charge is -2.10. The van der Waals surface area contributed by atoms with Crippen molar-refractivity contribution in [2.24, 2.45) is 5.92 Å². The highest BCUT2D eigenvalue weighted by Gasteiger charge is 2.19. The number of carbonyl (C=O) groups excluding carboxylic acids is 1. The second-order valence-electron chi connectivity index (χ2n) is 4.71. The number of hydrogen-bond acceptors (Lipinski definition) is 4. The number of carbonyl (C=O) groups is 1. The van der Waals surface area contributed by atoms with Crippen LogP contribution in [0.3, 0.4) is 0 Å². The van der Waals surface area contributed by atoms with E-state index < -0.39 is 33.2 Å². The van der Waals surface area contributed by atoms with Crippen molar-refractivity contribution in [1.82, 2.24) is 10.0 Å². The number of nitrogens with one attached hydrogen (secondary N) is 2. The summed E-state index contributed by atoms with van der Waals surface area (Å²) in [4.78, 5) is 10.9. The Balaban J connectivity index is 2.68. The van der Waals surface area contributed by atoms with Gasteiger partial charge in [0.25, 0.3) is 0 Å². The normalized spacial score (nSPS) is 11.6. The summed E-state index contributed by atoms with van der Waals surface area (Å²) in [5.41, 5.74) is 5.46. The number of amides is 1. The Morgan fingerprint density at radius 3 is 2.60 bits per heavy atom. The molecule has 0 saturated carbocycles. The molecule has 4 N–H and O–H groups in total. The number of rotatable bonds is 6. The van der Waals surface area contributed by atoms with Gasteiger partial charge in [-0.25, -0.2) is 17.5 Å². The molecular weight excluding hydrogens is 285 g/mol. The Labute approximate surface area is 117 Å². The number of nitrogen functional groups attached to an aromatic ring is 1. The first kappa shape index (κ1) is 16.4. The summed E-state index contributed by atoms with van der Waals surface area (Å²) in [5.74, 6) is -1.18. The summed E-state index contributed by atoms with van der Waals surface area (Å²) in [5, 5.41) is 2.55. The predicted molar refractivity (Wildman–Crippen MR) is 73.8 cm³/mol. The zero-order valence-corrected chi connectivity index (χ0v) is 12.1. The monoisotopic (exact) mass is 303 g/mol. The second kappa shape index (κ2) is 6.67. The zero-order valence-electron chi connectivity index (χ0n) is 11.3. The SMILES string of the molecule is CC(C)CNC(=O)CNS(=O)(=O)c1ccc(N)cc1F. The van der Waals surface area contributed by atoms with Gasteiger partial charge in [0, 0.05) is 12.2 Å². The molecular formula is C12H18FN3O3S. The lowest BCUT2D eigenvalue weighted by atomic mass is 10.2. The first-order valence-electron chi connectivity index (χ1n) is 6.04. The molecule has 0 aliphatic heterocycles. The number of sulfonamides is 1. The van der Waals surface area contributed by atoms with Gasteiger partial charge < -0.3 is 11.1 Å². The van der Waals surface area contributed by atoms with E-state index in [1.165, 1.54) is 6.07 Å². The molecule has 1 amide bonds. The average molecular weight is 303 g/mol. The smallest absolute Gasteiger partial charge is 0.243 e. The molecule has 0 radical (unpaired) electrons. The van der Waals surface area contributed by atoms with Crippen molar-refractivity contribution in [3.63, 3.8) is 0 Å². The quantitative estimate of drug-likeness (QED) is 0.664. The molecule has 0 atom stereocenters. The van der Waals surface area contributed by atoms with Crippen molar-refractivity contribution in [1.29, 1.82) is 0 Å². The van der Waals surface area contributed by atoms with Gasteiger partial charge in [0.2, 0.25) is 15.9 Å². The van der Waals surface area contributed by atoms with Crippen LogP contribution in [0.5, 0.6) is 0 Å². The topological polar surface area (TPSA) is 101 Å². The fraction of sp³-hybridized carbons (Fsp3) is 0.417. The Kier molecular flexibility index (Phi) is 5.46. The van der Waals surface area contributed by atoms with E-state index in [0.717, 1.165) is 12.1 Å². The van der Waals surface area contributed by atoms with E-state index in [-0.39, 0.29) is 11.6 Å². The third kappa shape index (κ3) is 4.78. The number of hydrogen-bond donors (Lipinski definition) is 3. The minimum atomic E-state index is -4.08. The molecule has 0 spiro atoms. The highest BCUT2D eigenvalue weighted by molar-refractivity contribution is 7.89. The first-order valence-corrected chi connectivity index (χ1v) is 7.52. The first-order chi connectivity index (χ1) is 9.22. The van der Waals surface area contributed by atoms with Gasteiger partial charge in [-0.1, -0.05) is 13.8 Å². The van der Waals surface area contributed by atoms with Crippen molar-refractivity contribution in [3.05, 3.63) is 24.0 Å². The lowest BCUT2D eigenvalue weighted by molar-refractivity contribution is -0.120.